The number of hydrogen-bond donors (Lipinski definition) is 0. The fourth-order valence-electron chi connectivity index (χ4n) is 2.21. The van der Waals surface area contributed by atoms with Crippen molar-refractivity contribution in [3.8, 4) is 0 Å². The summed E-state index contributed by atoms with van der Waals surface area (Å²) in [6, 6.07) is 8.23. The van der Waals surface area contributed by atoms with Gasteiger partial charge in [-0.25, -0.2) is 14.6 Å². The highest BCUT2D eigenvalue weighted by molar-refractivity contribution is 8.00. The molecule has 0 amide bonds. The van der Waals surface area contributed by atoms with E-state index in [4.69, 9.17) is 4.74 Å². The molecule has 0 bridgehead atoms. The molecule has 0 radical (unpaired) electrons. The van der Waals surface area contributed by atoms with Crippen LogP contribution in [0.5, 0.6) is 0 Å². The Hall–Kier alpha value is -2.48. The maximum absolute atomic E-state index is 11.6. The third-order valence-electron chi connectivity index (χ3n) is 3.54. The van der Waals surface area contributed by atoms with Gasteiger partial charge in [-0.05, 0) is 19.4 Å². The molecule has 1 unspecified atom stereocenters. The minimum Gasteiger partial charge on any atom is -0.468 e. The topological polar surface area (TPSA) is 82.8 Å². The van der Waals surface area contributed by atoms with Gasteiger partial charge in [0, 0.05) is 0 Å². The predicted octanol–water partition coefficient (Wildman–Crippen LogP) is 2.23. The van der Waals surface area contributed by atoms with Crippen LogP contribution in [0, 0.1) is 6.92 Å². The molecule has 8 heteroatoms. The predicted molar refractivity (Wildman–Crippen MR) is 90.7 cm³/mol. The van der Waals surface area contributed by atoms with Gasteiger partial charge < -0.3 is 4.74 Å². The van der Waals surface area contributed by atoms with Crippen molar-refractivity contribution in [3.63, 3.8) is 0 Å². The number of aromatic nitrogens is 5. The van der Waals surface area contributed by atoms with Crippen LogP contribution in [0.4, 0.5) is 0 Å². The van der Waals surface area contributed by atoms with Gasteiger partial charge in [0.2, 0.25) is 0 Å². The van der Waals surface area contributed by atoms with Crippen LogP contribution in [0.1, 0.15) is 18.1 Å². The van der Waals surface area contributed by atoms with Crippen molar-refractivity contribution in [2.75, 3.05) is 7.11 Å². The summed E-state index contributed by atoms with van der Waals surface area (Å²) in [6.45, 7) is 4.39. The van der Waals surface area contributed by atoms with Crippen LogP contribution in [0.15, 0.2) is 35.6 Å². The minimum atomic E-state index is -0.379. The first kappa shape index (κ1) is 16.4. The zero-order valence-electron chi connectivity index (χ0n) is 13.6. The lowest BCUT2D eigenvalue weighted by atomic mass is 10.1. The normalized spacial score (nSPS) is 12.3. The number of benzene rings is 1. The zero-order chi connectivity index (χ0) is 17.1. The third kappa shape index (κ3) is 3.38. The molecule has 124 valence electrons. The van der Waals surface area contributed by atoms with E-state index in [1.165, 1.54) is 30.8 Å². The molecule has 24 heavy (non-hydrogen) atoms. The van der Waals surface area contributed by atoms with Crippen LogP contribution in [0.2, 0.25) is 0 Å². The molecule has 0 aliphatic rings. The zero-order valence-corrected chi connectivity index (χ0v) is 14.4. The highest BCUT2D eigenvalue weighted by Gasteiger charge is 2.19. The maximum Gasteiger partial charge on any atom is 0.318 e. The molecule has 3 rings (SSSR count). The van der Waals surface area contributed by atoms with Crippen molar-refractivity contribution >= 4 is 28.9 Å². The van der Waals surface area contributed by atoms with Crippen molar-refractivity contribution in [3.05, 3.63) is 41.7 Å². The fourth-order valence-corrected chi connectivity index (χ4v) is 3.09. The molecule has 0 N–H and O–H groups in total. The lowest BCUT2D eigenvalue weighted by molar-refractivity contribution is -0.139. The van der Waals surface area contributed by atoms with Crippen molar-refractivity contribution < 1.29 is 9.53 Å². The smallest absolute Gasteiger partial charge is 0.318 e. The van der Waals surface area contributed by atoms with E-state index < -0.39 is 0 Å². The van der Waals surface area contributed by atoms with Gasteiger partial charge in [0.1, 0.15) is 16.6 Å². The summed E-state index contributed by atoms with van der Waals surface area (Å²) in [5.74, 6) is -0.307. The summed E-state index contributed by atoms with van der Waals surface area (Å²) in [5.41, 5.74) is 3.55. The van der Waals surface area contributed by atoms with E-state index in [1.807, 2.05) is 6.92 Å². The summed E-state index contributed by atoms with van der Waals surface area (Å²) in [5, 5.41) is 8.61. The lowest BCUT2D eigenvalue weighted by Crippen LogP contribution is -2.14. The van der Waals surface area contributed by atoms with Crippen LogP contribution in [-0.4, -0.2) is 43.3 Å². The Labute approximate surface area is 143 Å². The molecule has 1 aromatic carbocycles. The Kier molecular flexibility index (Phi) is 4.75. The highest BCUT2D eigenvalue weighted by Crippen LogP contribution is 2.27. The molecule has 7 nitrogen and oxygen atoms in total. The number of thioether (sulfide) groups is 1. The Balaban J connectivity index is 1.88. The summed E-state index contributed by atoms with van der Waals surface area (Å²) in [4.78, 5) is 20.1. The molecular weight excluding hydrogens is 326 g/mol. The van der Waals surface area contributed by atoms with E-state index in [1.54, 1.807) is 11.6 Å². The van der Waals surface area contributed by atoms with E-state index in [0.717, 1.165) is 5.56 Å². The fraction of sp³-hybridized carbons (Fsp3) is 0.312. The van der Waals surface area contributed by atoms with Gasteiger partial charge in [0.25, 0.3) is 0 Å². The summed E-state index contributed by atoms with van der Waals surface area (Å²) >= 11 is 1.29. The maximum atomic E-state index is 11.6. The average molecular weight is 343 g/mol. The molecular formula is C16H17N5O2S. The Morgan fingerprint density at radius 1 is 1.29 bits per heavy atom. The van der Waals surface area contributed by atoms with Gasteiger partial charge >= 0.3 is 5.97 Å². The van der Waals surface area contributed by atoms with Gasteiger partial charge in [-0.3, -0.25) is 4.79 Å². The lowest BCUT2D eigenvalue weighted by Gasteiger charge is -2.08. The van der Waals surface area contributed by atoms with Gasteiger partial charge in [-0.15, -0.1) is 5.10 Å². The number of nitrogens with zero attached hydrogens (tertiary/aromatic N) is 5. The second-order valence-corrected chi connectivity index (χ2v) is 6.70. The Bertz CT molecular complexity index is 863. The van der Waals surface area contributed by atoms with Crippen LogP contribution in [0.3, 0.4) is 0 Å². The summed E-state index contributed by atoms with van der Waals surface area (Å²) in [7, 11) is 1.37. The number of carbonyl (C=O) groups is 1. The number of ether oxygens (including phenoxy) is 1. The van der Waals surface area contributed by atoms with E-state index in [9.17, 15) is 4.79 Å². The molecule has 0 spiro atoms. The van der Waals surface area contributed by atoms with Crippen LogP contribution in [0.25, 0.3) is 11.2 Å². The largest absolute Gasteiger partial charge is 0.468 e. The van der Waals surface area contributed by atoms with Gasteiger partial charge in [-0.2, -0.15) is 0 Å². The second kappa shape index (κ2) is 6.96. The molecule has 0 saturated carbocycles. The van der Waals surface area contributed by atoms with E-state index in [0.29, 0.717) is 22.7 Å². The van der Waals surface area contributed by atoms with Gasteiger partial charge in [0.15, 0.2) is 11.2 Å². The Morgan fingerprint density at radius 2 is 2.04 bits per heavy atom. The molecule has 1 atom stereocenters. The first-order chi connectivity index (χ1) is 11.6. The number of rotatable bonds is 5. The first-order valence-corrected chi connectivity index (χ1v) is 8.30. The van der Waals surface area contributed by atoms with Crippen LogP contribution >= 0.6 is 11.8 Å². The summed E-state index contributed by atoms with van der Waals surface area (Å²) < 4.78 is 6.48. The van der Waals surface area contributed by atoms with Gasteiger partial charge in [0.05, 0.1) is 13.7 Å². The first-order valence-electron chi connectivity index (χ1n) is 7.42. The van der Waals surface area contributed by atoms with E-state index >= 15 is 0 Å². The quantitative estimate of drug-likeness (QED) is 0.399. The monoisotopic (exact) mass is 343 g/mol. The van der Waals surface area contributed by atoms with E-state index in [-0.39, 0.29) is 11.2 Å². The second-order valence-electron chi connectivity index (χ2n) is 5.37. The highest BCUT2D eigenvalue weighted by atomic mass is 32.2. The third-order valence-corrected chi connectivity index (χ3v) is 4.61. The minimum absolute atomic E-state index is 0.307. The average Bonchev–Trinajstić information content (AvgIpc) is 3.00. The number of methoxy groups -OCH3 is 1. The molecule has 0 saturated heterocycles. The number of aryl methyl sites for hydroxylation is 1. The number of esters is 1. The number of fused-ring (bicyclic) bond motifs is 1. The Morgan fingerprint density at radius 3 is 2.75 bits per heavy atom. The SMILES string of the molecule is COC(=O)C(C)Sc1ncnc2c1nnn2Cc1ccc(C)cc1. The van der Waals surface area contributed by atoms with E-state index in [2.05, 4.69) is 44.5 Å². The molecule has 3 aromatic rings. The van der Waals surface area contributed by atoms with Crippen molar-refractivity contribution in [2.24, 2.45) is 0 Å². The van der Waals surface area contributed by atoms with Crippen LogP contribution in [-0.2, 0) is 16.1 Å². The summed E-state index contributed by atoms with van der Waals surface area (Å²) in [6.07, 6.45) is 1.46. The van der Waals surface area contributed by atoms with Crippen molar-refractivity contribution in [1.29, 1.82) is 0 Å². The number of hydrogen-bond acceptors (Lipinski definition) is 7. The number of carbonyl (C=O) groups excluding carboxylic acids is 1. The van der Waals surface area contributed by atoms with Gasteiger partial charge in [-0.1, -0.05) is 46.8 Å². The van der Waals surface area contributed by atoms with Crippen molar-refractivity contribution in [2.45, 2.75) is 30.7 Å². The molecule has 0 fully saturated rings. The molecule has 0 aliphatic heterocycles. The van der Waals surface area contributed by atoms with Crippen molar-refractivity contribution in [1.82, 2.24) is 25.0 Å². The molecule has 2 aromatic heterocycles. The molecule has 2 heterocycles. The molecule has 0 aliphatic carbocycles. The van der Waals surface area contributed by atoms with Crippen LogP contribution < -0.4 is 0 Å². The standard InChI is InChI=1S/C16H17N5O2S/c1-10-4-6-12(7-5-10)8-21-14-13(19-20-21)15(18-9-17-14)24-11(2)16(22)23-3/h4-7,9,11H,8H2,1-3H3.